The first-order valence-electron chi connectivity index (χ1n) is 10.0. The lowest BCUT2D eigenvalue weighted by molar-refractivity contribution is -0.137. The van der Waals surface area contributed by atoms with E-state index in [2.05, 4.69) is 22.8 Å². The topological polar surface area (TPSA) is 105 Å². The van der Waals surface area contributed by atoms with Crippen molar-refractivity contribution in [2.75, 3.05) is 6.61 Å². The molecule has 0 aliphatic heterocycles. The minimum Gasteiger partial charge on any atom is -0.481 e. The molecular formula is C23H26N2O5. The molecule has 3 rings (SSSR count). The van der Waals surface area contributed by atoms with Gasteiger partial charge in [-0.05, 0) is 35.6 Å². The summed E-state index contributed by atoms with van der Waals surface area (Å²) < 4.78 is 5.43. The first kappa shape index (κ1) is 21.4. The number of amides is 2. The molecular weight excluding hydrogens is 384 g/mol. The summed E-state index contributed by atoms with van der Waals surface area (Å²) in [4.78, 5) is 35.4. The number of alkyl carbamates (subject to hydrolysis) is 1. The van der Waals surface area contributed by atoms with Gasteiger partial charge >= 0.3 is 12.1 Å². The number of hydrogen-bond donors (Lipinski definition) is 3. The molecule has 0 bridgehead atoms. The quantitative estimate of drug-likeness (QED) is 0.619. The van der Waals surface area contributed by atoms with Gasteiger partial charge in [-0.15, -0.1) is 0 Å². The van der Waals surface area contributed by atoms with Crippen LogP contribution in [-0.2, 0) is 14.3 Å². The van der Waals surface area contributed by atoms with Crippen LogP contribution in [-0.4, -0.2) is 41.8 Å². The Kier molecular flexibility index (Phi) is 6.72. The second-order valence-corrected chi connectivity index (χ2v) is 7.40. The van der Waals surface area contributed by atoms with E-state index >= 15 is 0 Å². The van der Waals surface area contributed by atoms with E-state index in [0.717, 1.165) is 22.3 Å². The first-order chi connectivity index (χ1) is 14.4. The van der Waals surface area contributed by atoms with Gasteiger partial charge in [-0.1, -0.05) is 55.5 Å². The standard InChI is InChI=1S/C23H26N2O5/c1-3-15(12-21(26)27)25-22(28)14(2)24-23(29)30-13-20-18-10-6-4-8-16(18)17-9-5-7-11-19(17)20/h4-11,14-15,20H,3,12-13H2,1-2H3,(H,24,29)(H,25,28)(H,26,27)/t14?,15-/m1/s1. The monoisotopic (exact) mass is 410 g/mol. The number of aliphatic carboxylic acids is 1. The van der Waals surface area contributed by atoms with Crippen molar-refractivity contribution in [3.05, 3.63) is 59.7 Å². The maximum Gasteiger partial charge on any atom is 0.407 e. The molecule has 0 aromatic heterocycles. The molecule has 2 amide bonds. The Balaban J connectivity index is 1.57. The molecule has 0 fully saturated rings. The van der Waals surface area contributed by atoms with Gasteiger partial charge < -0.3 is 20.5 Å². The third-order valence-electron chi connectivity index (χ3n) is 5.33. The zero-order valence-corrected chi connectivity index (χ0v) is 17.1. The van der Waals surface area contributed by atoms with E-state index in [1.807, 2.05) is 36.4 Å². The lowest BCUT2D eigenvalue weighted by atomic mass is 9.98. The van der Waals surface area contributed by atoms with Crippen molar-refractivity contribution in [3.8, 4) is 11.1 Å². The highest BCUT2D eigenvalue weighted by Gasteiger charge is 2.29. The number of carboxylic acids is 1. The van der Waals surface area contributed by atoms with Crippen LogP contribution in [0.3, 0.4) is 0 Å². The Bertz CT molecular complexity index is 897. The van der Waals surface area contributed by atoms with E-state index in [4.69, 9.17) is 9.84 Å². The average molecular weight is 410 g/mol. The van der Waals surface area contributed by atoms with Gasteiger partial charge in [0.05, 0.1) is 6.42 Å². The summed E-state index contributed by atoms with van der Waals surface area (Å²) in [6, 6.07) is 14.8. The predicted molar refractivity (Wildman–Crippen MR) is 112 cm³/mol. The van der Waals surface area contributed by atoms with Crippen LogP contribution in [0, 0.1) is 0 Å². The zero-order valence-electron chi connectivity index (χ0n) is 17.1. The number of nitrogens with one attached hydrogen (secondary N) is 2. The zero-order chi connectivity index (χ0) is 21.7. The fourth-order valence-corrected chi connectivity index (χ4v) is 3.72. The Morgan fingerprint density at radius 3 is 2.10 bits per heavy atom. The number of carbonyl (C=O) groups is 3. The van der Waals surface area contributed by atoms with E-state index in [0.29, 0.717) is 6.42 Å². The Hall–Kier alpha value is -3.35. The maximum atomic E-state index is 12.3. The van der Waals surface area contributed by atoms with E-state index < -0.39 is 30.1 Å². The van der Waals surface area contributed by atoms with Crippen molar-refractivity contribution in [3.63, 3.8) is 0 Å². The molecule has 7 nitrogen and oxygen atoms in total. The van der Waals surface area contributed by atoms with Gasteiger partial charge in [0, 0.05) is 12.0 Å². The van der Waals surface area contributed by atoms with Crippen molar-refractivity contribution in [1.29, 1.82) is 0 Å². The smallest absolute Gasteiger partial charge is 0.407 e. The van der Waals surface area contributed by atoms with Gasteiger partial charge in [-0.25, -0.2) is 4.79 Å². The van der Waals surface area contributed by atoms with Crippen molar-refractivity contribution < 1.29 is 24.2 Å². The maximum absolute atomic E-state index is 12.3. The van der Waals surface area contributed by atoms with Crippen LogP contribution in [0.15, 0.2) is 48.5 Å². The van der Waals surface area contributed by atoms with Gasteiger partial charge in [0.1, 0.15) is 12.6 Å². The summed E-state index contributed by atoms with van der Waals surface area (Å²) in [6.45, 7) is 3.48. The summed E-state index contributed by atoms with van der Waals surface area (Å²) in [5, 5.41) is 14.0. The molecule has 0 heterocycles. The van der Waals surface area contributed by atoms with E-state index in [1.54, 1.807) is 6.92 Å². The second-order valence-electron chi connectivity index (χ2n) is 7.40. The Morgan fingerprint density at radius 1 is 1.00 bits per heavy atom. The van der Waals surface area contributed by atoms with Crippen LogP contribution in [0.25, 0.3) is 11.1 Å². The molecule has 2 atom stereocenters. The number of rotatable bonds is 8. The fourth-order valence-electron chi connectivity index (χ4n) is 3.72. The average Bonchev–Trinajstić information content (AvgIpc) is 3.05. The first-order valence-corrected chi connectivity index (χ1v) is 10.0. The van der Waals surface area contributed by atoms with Crippen LogP contribution in [0.2, 0.25) is 0 Å². The number of fused-ring (bicyclic) bond motifs is 3. The fraction of sp³-hybridized carbons (Fsp3) is 0.348. The van der Waals surface area contributed by atoms with Crippen molar-refractivity contribution in [1.82, 2.24) is 10.6 Å². The lowest BCUT2D eigenvalue weighted by Crippen LogP contribution is -2.48. The van der Waals surface area contributed by atoms with Crippen molar-refractivity contribution >= 4 is 18.0 Å². The molecule has 30 heavy (non-hydrogen) atoms. The lowest BCUT2D eigenvalue weighted by Gasteiger charge is -2.20. The normalized spacial score (nSPS) is 14.2. The molecule has 0 spiro atoms. The minimum atomic E-state index is -0.987. The number of ether oxygens (including phenoxy) is 1. The summed E-state index contributed by atoms with van der Waals surface area (Å²) in [5.74, 6) is -1.50. The summed E-state index contributed by atoms with van der Waals surface area (Å²) in [6.07, 6.45) is -0.374. The van der Waals surface area contributed by atoms with E-state index in [-0.39, 0.29) is 18.9 Å². The van der Waals surface area contributed by atoms with Crippen molar-refractivity contribution in [2.24, 2.45) is 0 Å². The van der Waals surface area contributed by atoms with E-state index in [1.165, 1.54) is 6.92 Å². The van der Waals surface area contributed by atoms with Crippen LogP contribution in [0.5, 0.6) is 0 Å². The Labute approximate surface area is 175 Å². The number of carboxylic acid groups (broad SMARTS) is 1. The third-order valence-corrected chi connectivity index (χ3v) is 5.33. The minimum absolute atomic E-state index is 0.0627. The molecule has 158 valence electrons. The third kappa shape index (κ3) is 4.79. The summed E-state index contributed by atoms with van der Waals surface area (Å²) in [7, 11) is 0. The van der Waals surface area contributed by atoms with Gasteiger partial charge in [0.25, 0.3) is 0 Å². The molecule has 0 saturated heterocycles. The molecule has 0 saturated carbocycles. The van der Waals surface area contributed by atoms with Crippen LogP contribution < -0.4 is 10.6 Å². The molecule has 2 aromatic rings. The van der Waals surface area contributed by atoms with Crippen LogP contribution in [0.1, 0.15) is 43.7 Å². The van der Waals surface area contributed by atoms with Gasteiger partial charge in [-0.3, -0.25) is 9.59 Å². The van der Waals surface area contributed by atoms with Gasteiger partial charge in [0.2, 0.25) is 5.91 Å². The highest BCUT2D eigenvalue weighted by atomic mass is 16.5. The summed E-state index contributed by atoms with van der Waals surface area (Å²) in [5.41, 5.74) is 4.49. The highest BCUT2D eigenvalue weighted by Crippen LogP contribution is 2.44. The predicted octanol–water partition coefficient (Wildman–Crippen LogP) is 3.28. The largest absolute Gasteiger partial charge is 0.481 e. The van der Waals surface area contributed by atoms with Crippen LogP contribution >= 0.6 is 0 Å². The molecule has 3 N–H and O–H groups in total. The molecule has 1 unspecified atom stereocenters. The Morgan fingerprint density at radius 2 is 1.57 bits per heavy atom. The SMILES string of the molecule is CC[C@H](CC(=O)O)NC(=O)C(C)NC(=O)OCC1c2ccccc2-c2ccccc21. The second kappa shape index (κ2) is 9.43. The van der Waals surface area contributed by atoms with Crippen LogP contribution in [0.4, 0.5) is 4.79 Å². The van der Waals surface area contributed by atoms with Gasteiger partial charge in [-0.2, -0.15) is 0 Å². The number of benzene rings is 2. The molecule has 0 radical (unpaired) electrons. The number of carbonyl (C=O) groups excluding carboxylic acids is 2. The molecule has 7 heteroatoms. The molecule has 1 aliphatic carbocycles. The molecule has 2 aromatic carbocycles. The highest BCUT2D eigenvalue weighted by molar-refractivity contribution is 5.86. The van der Waals surface area contributed by atoms with Crippen molar-refractivity contribution in [2.45, 2.75) is 44.7 Å². The van der Waals surface area contributed by atoms with E-state index in [9.17, 15) is 14.4 Å². The van der Waals surface area contributed by atoms with Gasteiger partial charge in [0.15, 0.2) is 0 Å². The number of hydrogen-bond acceptors (Lipinski definition) is 4. The summed E-state index contributed by atoms with van der Waals surface area (Å²) >= 11 is 0. The molecule has 1 aliphatic rings.